The lowest BCUT2D eigenvalue weighted by Crippen LogP contribution is -2.32. The second-order valence-corrected chi connectivity index (χ2v) is 22.2. The number of H-pyrrole nitrogens is 1. The number of hydrogen-bond acceptors (Lipinski definition) is 10. The number of aryl methyl sites for hydroxylation is 5. The van der Waals surface area contributed by atoms with Gasteiger partial charge in [-0.3, -0.25) is 14.4 Å². The Balaban J connectivity index is 0.000000162. The van der Waals surface area contributed by atoms with E-state index in [-0.39, 0.29) is 23.8 Å². The maximum Gasteiger partial charge on any atom is 0.407 e. The number of benzene rings is 5. The van der Waals surface area contributed by atoms with Crippen molar-refractivity contribution in [3.8, 4) is 5.69 Å². The predicted octanol–water partition coefficient (Wildman–Crippen LogP) is 12.1. The van der Waals surface area contributed by atoms with Gasteiger partial charge in [0.2, 0.25) is 0 Å². The van der Waals surface area contributed by atoms with E-state index >= 15 is 0 Å². The minimum absolute atomic E-state index is 0.0371. The zero-order valence-electron chi connectivity index (χ0n) is 49.5. The van der Waals surface area contributed by atoms with Gasteiger partial charge in [-0.1, -0.05) is 105 Å². The summed E-state index contributed by atoms with van der Waals surface area (Å²) >= 11 is 8.14. The van der Waals surface area contributed by atoms with Crippen LogP contribution in [0.4, 0.5) is 9.59 Å². The van der Waals surface area contributed by atoms with E-state index in [1.165, 1.54) is 81.6 Å². The van der Waals surface area contributed by atoms with Gasteiger partial charge >= 0.3 is 11.5 Å². The maximum atomic E-state index is 12.0. The lowest BCUT2D eigenvalue weighted by atomic mass is 9.97. The number of aromatic nitrogens is 4. The Kier molecular flexibility index (Phi) is 26.2. The Morgan fingerprint density at radius 1 is 0.679 bits per heavy atom. The van der Waals surface area contributed by atoms with Crippen molar-refractivity contribution in [1.29, 1.82) is 0 Å². The molecule has 0 saturated heterocycles. The average Bonchev–Trinajstić information content (AvgIpc) is 4.52. The number of hydrogen-bond donors (Lipinski definition) is 6. The van der Waals surface area contributed by atoms with E-state index in [4.69, 9.17) is 22.1 Å². The number of aromatic amines is 1. The monoisotopic (exact) mass is 1230 g/mol. The minimum Gasteiger partial charge on any atom is -0.454 e. The topological polar surface area (TPSA) is 224 Å². The first-order valence-electron chi connectivity index (χ1n) is 28.9. The first-order chi connectivity index (χ1) is 40.5. The van der Waals surface area contributed by atoms with E-state index in [9.17, 15) is 24.0 Å². The van der Waals surface area contributed by atoms with Gasteiger partial charge in [-0.25, -0.2) is 19.6 Å². The molecule has 446 valence electrons. The van der Waals surface area contributed by atoms with Crippen LogP contribution >= 0.6 is 27.5 Å². The summed E-state index contributed by atoms with van der Waals surface area (Å²) in [5, 5.41) is 11.2. The van der Waals surface area contributed by atoms with Crippen molar-refractivity contribution >= 4 is 56.8 Å². The number of rotatable bonds is 10. The fraction of sp³-hybridized carbons (Fsp3) is 0.379. The van der Waals surface area contributed by atoms with Crippen LogP contribution in [0.2, 0.25) is 0 Å². The minimum atomic E-state index is -0.738. The van der Waals surface area contributed by atoms with E-state index in [2.05, 4.69) is 145 Å². The number of nitrogens with one attached hydrogen (secondary N) is 5. The van der Waals surface area contributed by atoms with Crippen LogP contribution in [-0.2, 0) is 41.6 Å². The third kappa shape index (κ3) is 21.5. The molecule has 0 spiro atoms. The number of carbonyl (C=O) groups excluding carboxylic acids is 5. The van der Waals surface area contributed by atoms with E-state index in [1.807, 2.05) is 61.3 Å². The molecule has 0 radical (unpaired) electrons. The third-order valence-electron chi connectivity index (χ3n) is 14.1. The average molecular weight is 1230 g/mol. The molecule has 0 unspecified atom stereocenters. The van der Waals surface area contributed by atoms with Gasteiger partial charge in [-0.05, 0) is 170 Å². The highest BCUT2D eigenvalue weighted by atomic mass is 79.9. The van der Waals surface area contributed by atoms with Crippen molar-refractivity contribution in [2.75, 3.05) is 45.9 Å². The SMILES string of the molecule is CCOC(=O)Cl.CCOC(=O)NCCc1cccc(C)c1.Cc1cc2c(cc1-n1cnc(C3CC3)c1)C(=O)NCC2.Cc1cc2c(cc1Br)C(=O)NCC2.Cc1ccc2c(c1)CCNC2=O.Cc1cccc(CCN)c1.c1ncc(C2CC2)[nH]1. The molecule has 5 aliphatic rings. The molecule has 5 aromatic carbocycles. The smallest absolute Gasteiger partial charge is 0.407 e. The number of ether oxygens (including phenoxy) is 2. The molecular weight excluding hydrogens is 1150 g/mol. The molecular formula is C66H81BrClN9O7. The van der Waals surface area contributed by atoms with Crippen LogP contribution < -0.4 is 27.0 Å². The number of alkyl carbamates (subject to hydrolysis) is 1. The number of fused-ring (bicyclic) bond motifs is 3. The quantitative estimate of drug-likeness (QED) is 0.0711. The van der Waals surface area contributed by atoms with Crippen LogP contribution in [0, 0.1) is 34.6 Å². The van der Waals surface area contributed by atoms with E-state index < -0.39 is 5.43 Å². The third-order valence-corrected chi connectivity index (χ3v) is 15.0. The standard InChI is InChI=1S/C16H17N3O.C12H17NO2.C10H10BrNO.C10H11NO.C9H13N.C6H8N2.C3H5ClO2/c1-10-6-12-4-5-17-16(20)13(12)7-15(10)19-8-14(18-9-19)11-2-3-11;1-3-15-12(14)13-8-7-11-6-4-5-10(2)9-11;1-6-4-7-2-3-12-10(13)8(7)5-9(6)11;1-7-2-3-9-8(6-7)4-5-11-10(9)12;1-8-3-2-4-9(7-8)5-6-10;1-2-5(1)6-3-7-4-8-6;1-2-6-3(4)5/h6-9,11H,2-5H2,1H3,(H,17,20);4-6,9H,3,7-8H2,1-2H3,(H,13,14);4-5H,2-3H2,1H3,(H,12,13);2-3,6H,4-5H2,1H3,(H,11,12);2-4,7H,5-6,10H2,1H3;3-5H,1-2H2,(H,7,8);2H2,1H3. The van der Waals surface area contributed by atoms with Crippen LogP contribution in [0.1, 0.15) is 149 Å². The van der Waals surface area contributed by atoms with Crippen molar-refractivity contribution < 1.29 is 33.4 Å². The van der Waals surface area contributed by atoms with Crippen molar-refractivity contribution in [1.82, 2.24) is 40.8 Å². The fourth-order valence-electron chi connectivity index (χ4n) is 9.43. The summed E-state index contributed by atoms with van der Waals surface area (Å²) in [5.41, 5.74) is 22.9. The molecule has 12 rings (SSSR count). The van der Waals surface area contributed by atoms with Gasteiger partial charge in [-0.2, -0.15) is 0 Å². The van der Waals surface area contributed by atoms with Crippen molar-refractivity contribution in [3.63, 3.8) is 0 Å². The second-order valence-electron chi connectivity index (χ2n) is 21.1. The first kappa shape index (κ1) is 65.6. The summed E-state index contributed by atoms with van der Waals surface area (Å²) < 4.78 is 12.0. The van der Waals surface area contributed by atoms with Crippen LogP contribution in [-0.4, -0.2) is 94.7 Å². The lowest BCUT2D eigenvalue weighted by Gasteiger charge is -2.19. The summed E-state index contributed by atoms with van der Waals surface area (Å²) in [4.78, 5) is 66.7. The number of imidazole rings is 2. The van der Waals surface area contributed by atoms with E-state index in [0.29, 0.717) is 25.7 Å². The van der Waals surface area contributed by atoms with Crippen LogP contribution in [0.5, 0.6) is 0 Å². The zero-order valence-corrected chi connectivity index (χ0v) is 51.8. The molecule has 2 aliphatic carbocycles. The van der Waals surface area contributed by atoms with Gasteiger partial charge in [0, 0.05) is 88.9 Å². The molecule has 3 aliphatic heterocycles. The van der Waals surface area contributed by atoms with Gasteiger partial charge in [0.15, 0.2) is 0 Å². The lowest BCUT2D eigenvalue weighted by molar-refractivity contribution is 0.0937. The van der Waals surface area contributed by atoms with Gasteiger partial charge in [0.1, 0.15) is 0 Å². The van der Waals surface area contributed by atoms with Crippen molar-refractivity contribution in [2.45, 2.75) is 118 Å². The Labute approximate surface area is 508 Å². The van der Waals surface area contributed by atoms with Crippen molar-refractivity contribution in [2.24, 2.45) is 5.73 Å². The molecule has 18 heteroatoms. The number of halogens is 2. The van der Waals surface area contributed by atoms with Crippen LogP contribution in [0.15, 0.2) is 121 Å². The molecule has 7 aromatic rings. The Morgan fingerprint density at radius 3 is 1.75 bits per heavy atom. The largest absolute Gasteiger partial charge is 0.454 e. The molecule has 4 amide bonds. The van der Waals surface area contributed by atoms with Gasteiger partial charge in [-0.15, -0.1) is 0 Å². The summed E-state index contributed by atoms with van der Waals surface area (Å²) in [7, 11) is 0. The molecule has 0 bridgehead atoms. The summed E-state index contributed by atoms with van der Waals surface area (Å²) in [6.07, 6.45) is 17.1. The maximum absolute atomic E-state index is 12.0. The van der Waals surface area contributed by atoms with Gasteiger partial charge < -0.3 is 46.0 Å². The molecule has 5 heterocycles. The molecule has 84 heavy (non-hydrogen) atoms. The normalized spacial score (nSPS) is 14.0. The summed E-state index contributed by atoms with van der Waals surface area (Å²) in [5.74, 6) is 1.61. The van der Waals surface area contributed by atoms with Gasteiger partial charge in [0.05, 0.1) is 37.2 Å². The number of nitrogens with zero attached hydrogens (tertiary/aromatic N) is 3. The number of nitrogens with two attached hydrogens (primary N) is 1. The second kappa shape index (κ2) is 33.6. The Hall–Kier alpha value is -7.60. The van der Waals surface area contributed by atoms with Crippen molar-refractivity contribution in [3.05, 3.63) is 204 Å². The molecule has 2 fully saturated rings. The predicted molar refractivity (Wildman–Crippen MR) is 336 cm³/mol. The fourth-order valence-corrected chi connectivity index (χ4v) is 9.88. The highest BCUT2D eigenvalue weighted by Crippen LogP contribution is 2.40. The summed E-state index contributed by atoms with van der Waals surface area (Å²) in [6, 6.07) is 30.8. The number of amides is 4. The molecule has 7 N–H and O–H groups in total. The molecule has 2 saturated carbocycles. The summed E-state index contributed by atoms with van der Waals surface area (Å²) in [6.45, 7) is 18.2. The highest BCUT2D eigenvalue weighted by molar-refractivity contribution is 9.10. The Bertz CT molecular complexity index is 3300. The molecule has 0 atom stereocenters. The number of carbonyl (C=O) groups is 5. The molecule has 2 aromatic heterocycles. The van der Waals surface area contributed by atoms with Gasteiger partial charge in [0.25, 0.3) is 17.7 Å². The van der Waals surface area contributed by atoms with Crippen LogP contribution in [0.3, 0.4) is 0 Å². The van der Waals surface area contributed by atoms with E-state index in [1.54, 1.807) is 20.2 Å². The zero-order chi connectivity index (χ0) is 60.5. The first-order valence-corrected chi connectivity index (χ1v) is 30.1. The molecule has 16 nitrogen and oxygen atoms in total. The Morgan fingerprint density at radius 2 is 1.23 bits per heavy atom. The van der Waals surface area contributed by atoms with Crippen LogP contribution in [0.25, 0.3) is 5.69 Å². The highest BCUT2D eigenvalue weighted by Gasteiger charge is 2.27. The van der Waals surface area contributed by atoms with E-state index in [0.717, 1.165) is 102 Å².